The highest BCUT2D eigenvalue weighted by Gasteiger charge is 2.46. The largest absolute Gasteiger partial charge is 0.408 e. The van der Waals surface area contributed by atoms with Crippen LogP contribution in [0.3, 0.4) is 0 Å². The SMILES string of the molecule is CCCO[Si](CC[Si](OCCC)(c1ccccc1)c1ccccc1)(c1ccccc1)c1ccccc1. The number of hydrogen-bond donors (Lipinski definition) is 0. The molecule has 0 heterocycles. The highest BCUT2D eigenvalue weighted by atomic mass is 28.4. The minimum Gasteiger partial charge on any atom is -0.408 e. The summed E-state index contributed by atoms with van der Waals surface area (Å²) < 4.78 is 14.1. The summed E-state index contributed by atoms with van der Waals surface area (Å²) in [6.45, 7) is 5.92. The lowest BCUT2D eigenvalue weighted by atomic mass is 10.4. The first-order valence-electron chi connectivity index (χ1n) is 13.2. The van der Waals surface area contributed by atoms with Gasteiger partial charge in [0.25, 0.3) is 16.6 Å². The molecule has 4 heteroatoms. The van der Waals surface area contributed by atoms with Crippen molar-refractivity contribution in [1.82, 2.24) is 0 Å². The van der Waals surface area contributed by atoms with E-state index in [1.165, 1.54) is 20.7 Å². The Balaban J connectivity index is 1.86. The molecule has 186 valence electrons. The maximum absolute atomic E-state index is 7.03. The van der Waals surface area contributed by atoms with E-state index in [2.05, 4.69) is 135 Å². The van der Waals surface area contributed by atoms with E-state index in [0.717, 1.165) is 38.1 Å². The third kappa shape index (κ3) is 5.79. The van der Waals surface area contributed by atoms with Gasteiger partial charge in [-0.1, -0.05) is 135 Å². The van der Waals surface area contributed by atoms with Crippen molar-refractivity contribution in [3.05, 3.63) is 121 Å². The molecule has 0 amide bonds. The fourth-order valence-corrected chi connectivity index (χ4v) is 14.7. The lowest BCUT2D eigenvalue weighted by molar-refractivity contribution is 0.308. The maximum atomic E-state index is 7.03. The van der Waals surface area contributed by atoms with E-state index in [-0.39, 0.29) is 0 Å². The minimum absolute atomic E-state index is 0.761. The average Bonchev–Trinajstić information content (AvgIpc) is 2.97. The van der Waals surface area contributed by atoms with Gasteiger partial charge in [0, 0.05) is 13.2 Å². The van der Waals surface area contributed by atoms with Gasteiger partial charge in [-0.2, -0.15) is 0 Å². The Morgan fingerprint density at radius 2 is 0.667 bits per heavy atom. The molecule has 4 rings (SSSR count). The Labute approximate surface area is 219 Å². The summed E-state index contributed by atoms with van der Waals surface area (Å²) in [5, 5.41) is 5.35. The third-order valence-corrected chi connectivity index (χ3v) is 15.8. The summed E-state index contributed by atoms with van der Waals surface area (Å²) >= 11 is 0. The van der Waals surface area contributed by atoms with Gasteiger partial charge in [0.1, 0.15) is 0 Å². The summed E-state index contributed by atoms with van der Waals surface area (Å²) in [6, 6.07) is 45.8. The van der Waals surface area contributed by atoms with Gasteiger partial charge in [-0.25, -0.2) is 0 Å². The number of benzene rings is 4. The molecular formula is C32H38O2Si2. The van der Waals surface area contributed by atoms with Gasteiger partial charge < -0.3 is 8.85 Å². The Morgan fingerprint density at radius 1 is 0.417 bits per heavy atom. The van der Waals surface area contributed by atoms with Crippen LogP contribution in [-0.4, -0.2) is 29.8 Å². The van der Waals surface area contributed by atoms with E-state index >= 15 is 0 Å². The second kappa shape index (κ2) is 13.0. The van der Waals surface area contributed by atoms with Crippen molar-refractivity contribution in [3.63, 3.8) is 0 Å². The molecule has 0 fully saturated rings. The molecule has 0 N–H and O–H groups in total. The summed E-state index contributed by atoms with van der Waals surface area (Å²) in [5.41, 5.74) is 0. The summed E-state index contributed by atoms with van der Waals surface area (Å²) in [4.78, 5) is 0. The first-order valence-corrected chi connectivity index (χ1v) is 17.5. The van der Waals surface area contributed by atoms with E-state index in [1.807, 2.05) is 0 Å². The van der Waals surface area contributed by atoms with Crippen LogP contribution in [0, 0.1) is 0 Å². The molecule has 0 aromatic heterocycles. The fraction of sp³-hybridized carbons (Fsp3) is 0.250. The van der Waals surface area contributed by atoms with Crippen LogP contribution in [0.4, 0.5) is 0 Å². The van der Waals surface area contributed by atoms with Gasteiger partial charge in [0.05, 0.1) is 0 Å². The molecule has 36 heavy (non-hydrogen) atoms. The van der Waals surface area contributed by atoms with Crippen LogP contribution in [0.5, 0.6) is 0 Å². The highest BCUT2D eigenvalue weighted by Crippen LogP contribution is 2.24. The van der Waals surface area contributed by atoms with E-state index in [4.69, 9.17) is 8.85 Å². The Hall–Kier alpha value is -2.77. The quantitative estimate of drug-likeness (QED) is 0.226. The molecule has 4 aromatic carbocycles. The molecule has 0 bridgehead atoms. The first kappa shape index (κ1) is 26.3. The predicted molar refractivity (Wildman–Crippen MR) is 158 cm³/mol. The lowest BCUT2D eigenvalue weighted by Crippen LogP contribution is -2.65. The second-order valence-electron chi connectivity index (χ2n) is 9.32. The molecule has 0 radical (unpaired) electrons. The van der Waals surface area contributed by atoms with E-state index in [0.29, 0.717) is 0 Å². The van der Waals surface area contributed by atoms with Gasteiger partial charge in [-0.15, -0.1) is 0 Å². The van der Waals surface area contributed by atoms with Crippen molar-refractivity contribution >= 4 is 37.4 Å². The number of rotatable bonds is 13. The summed E-state index contributed by atoms with van der Waals surface area (Å²) in [5.74, 6) is 0. The van der Waals surface area contributed by atoms with Crippen molar-refractivity contribution in [2.45, 2.75) is 38.8 Å². The molecule has 2 nitrogen and oxygen atoms in total. The van der Waals surface area contributed by atoms with Crippen molar-refractivity contribution in [1.29, 1.82) is 0 Å². The minimum atomic E-state index is -2.53. The van der Waals surface area contributed by atoms with Crippen LogP contribution >= 0.6 is 0 Å². The highest BCUT2D eigenvalue weighted by molar-refractivity contribution is 7.01. The van der Waals surface area contributed by atoms with Gasteiger partial charge >= 0.3 is 0 Å². The van der Waals surface area contributed by atoms with Gasteiger partial charge in [-0.05, 0) is 45.7 Å². The fourth-order valence-electron chi connectivity index (χ4n) is 5.12. The van der Waals surface area contributed by atoms with Crippen molar-refractivity contribution in [3.8, 4) is 0 Å². The molecule has 0 aliphatic heterocycles. The number of hydrogen-bond acceptors (Lipinski definition) is 2. The Kier molecular flexibility index (Phi) is 9.48. The third-order valence-electron chi connectivity index (χ3n) is 6.89. The molecule has 0 saturated heterocycles. The smallest absolute Gasteiger partial charge is 0.255 e. The summed E-state index contributed by atoms with van der Waals surface area (Å²) in [6.07, 6.45) is 2.00. The zero-order chi connectivity index (χ0) is 25.1. The van der Waals surface area contributed by atoms with Crippen LogP contribution in [0.1, 0.15) is 26.7 Å². The Bertz CT molecular complexity index is 978. The van der Waals surface area contributed by atoms with Crippen LogP contribution in [0.2, 0.25) is 12.1 Å². The van der Waals surface area contributed by atoms with E-state index < -0.39 is 16.6 Å². The standard InChI is InChI=1S/C32H38O2Si2/c1-3-25-33-35(29-17-9-5-10-18-29,30-19-11-6-12-20-30)27-28-36(34-26-4-2,31-21-13-7-14-22-31)32-23-15-8-16-24-32/h5-24H,3-4,25-28H2,1-2H3. The first-order chi connectivity index (χ1) is 17.7. The Morgan fingerprint density at radius 3 is 0.889 bits per heavy atom. The van der Waals surface area contributed by atoms with Gasteiger partial charge in [0.15, 0.2) is 0 Å². The normalized spacial score (nSPS) is 11.9. The van der Waals surface area contributed by atoms with Crippen LogP contribution in [0.25, 0.3) is 0 Å². The molecular weight excluding hydrogens is 473 g/mol. The second-order valence-corrected chi connectivity index (χ2v) is 16.5. The molecule has 4 aromatic rings. The average molecular weight is 511 g/mol. The van der Waals surface area contributed by atoms with Crippen molar-refractivity contribution < 1.29 is 8.85 Å². The molecule has 0 saturated carbocycles. The monoisotopic (exact) mass is 510 g/mol. The lowest BCUT2D eigenvalue weighted by Gasteiger charge is -2.38. The zero-order valence-corrected chi connectivity index (χ0v) is 23.6. The molecule has 0 atom stereocenters. The van der Waals surface area contributed by atoms with Crippen molar-refractivity contribution in [2.75, 3.05) is 13.2 Å². The van der Waals surface area contributed by atoms with Crippen LogP contribution < -0.4 is 20.7 Å². The summed E-state index contributed by atoms with van der Waals surface area (Å²) in [7, 11) is -5.06. The van der Waals surface area contributed by atoms with Crippen molar-refractivity contribution in [2.24, 2.45) is 0 Å². The van der Waals surface area contributed by atoms with Crippen LogP contribution in [0.15, 0.2) is 121 Å². The van der Waals surface area contributed by atoms with Gasteiger partial charge in [0.2, 0.25) is 0 Å². The topological polar surface area (TPSA) is 18.5 Å². The van der Waals surface area contributed by atoms with E-state index in [9.17, 15) is 0 Å². The molecule has 0 aliphatic carbocycles. The molecule has 0 spiro atoms. The van der Waals surface area contributed by atoms with E-state index in [1.54, 1.807) is 0 Å². The molecule has 0 unspecified atom stereocenters. The zero-order valence-electron chi connectivity index (χ0n) is 21.6. The van der Waals surface area contributed by atoms with Crippen LogP contribution in [-0.2, 0) is 8.85 Å². The predicted octanol–water partition coefficient (Wildman–Crippen LogP) is 5.36. The van der Waals surface area contributed by atoms with Gasteiger partial charge in [-0.3, -0.25) is 0 Å². The maximum Gasteiger partial charge on any atom is 0.255 e. The molecule has 0 aliphatic rings.